The van der Waals surface area contributed by atoms with E-state index in [9.17, 15) is 9.18 Å². The molecular formula is C13H10ClFN2O2. The van der Waals surface area contributed by atoms with Gasteiger partial charge in [0.1, 0.15) is 5.75 Å². The molecule has 1 aromatic heterocycles. The molecule has 0 saturated heterocycles. The summed E-state index contributed by atoms with van der Waals surface area (Å²) >= 11 is 5.72. The lowest BCUT2D eigenvalue weighted by Gasteiger charge is -2.07. The lowest BCUT2D eigenvalue weighted by molar-refractivity contribution is -0.118. The molecule has 0 saturated carbocycles. The highest BCUT2D eigenvalue weighted by molar-refractivity contribution is 6.30. The Kier molecular flexibility index (Phi) is 4.30. The van der Waals surface area contributed by atoms with Crippen LogP contribution >= 0.6 is 11.6 Å². The molecule has 0 aliphatic heterocycles. The second-order valence-corrected chi connectivity index (χ2v) is 4.10. The Bertz CT molecular complexity index is 558. The molecule has 1 heterocycles. The lowest BCUT2D eigenvalue weighted by atomic mass is 10.3. The number of amides is 1. The molecule has 0 aliphatic rings. The highest BCUT2D eigenvalue weighted by atomic mass is 35.5. The summed E-state index contributed by atoms with van der Waals surface area (Å²) in [7, 11) is 0. The van der Waals surface area contributed by atoms with Gasteiger partial charge in [0.05, 0.1) is 11.9 Å². The number of ether oxygens (including phenoxy) is 1. The number of nitrogens with one attached hydrogen (secondary N) is 1. The number of nitrogens with zero attached hydrogens (tertiary/aromatic N) is 1. The Balaban J connectivity index is 1.84. The summed E-state index contributed by atoms with van der Waals surface area (Å²) in [6, 6.07) is 9.24. The summed E-state index contributed by atoms with van der Waals surface area (Å²) in [5.74, 6) is -0.421. The average molecular weight is 281 g/mol. The minimum Gasteiger partial charge on any atom is -0.484 e. The number of hydrogen-bond acceptors (Lipinski definition) is 3. The number of aromatic nitrogens is 1. The standard InChI is InChI=1S/C13H10ClFN2O2/c14-9-1-4-11(5-2-9)19-8-13(18)17-10-3-6-12(15)16-7-10/h1-7H,8H2,(H,17,18). The molecule has 1 amide bonds. The Hall–Kier alpha value is -2.14. The molecular weight excluding hydrogens is 271 g/mol. The van der Waals surface area contributed by atoms with E-state index in [1.165, 1.54) is 12.3 Å². The highest BCUT2D eigenvalue weighted by Crippen LogP contribution is 2.15. The summed E-state index contributed by atoms with van der Waals surface area (Å²) in [5.41, 5.74) is 0.408. The van der Waals surface area contributed by atoms with Gasteiger partial charge in [-0.1, -0.05) is 11.6 Å². The molecule has 2 aromatic rings. The first kappa shape index (κ1) is 13.3. The maximum atomic E-state index is 12.6. The van der Waals surface area contributed by atoms with Crippen LogP contribution in [0.5, 0.6) is 5.75 Å². The minimum atomic E-state index is -0.601. The third-order valence-electron chi connectivity index (χ3n) is 2.19. The number of hydrogen-bond donors (Lipinski definition) is 1. The summed E-state index contributed by atoms with van der Waals surface area (Å²) in [4.78, 5) is 15.0. The normalized spacial score (nSPS) is 10.0. The van der Waals surface area contributed by atoms with E-state index in [2.05, 4.69) is 10.3 Å². The number of benzene rings is 1. The van der Waals surface area contributed by atoms with E-state index < -0.39 is 5.95 Å². The fraction of sp³-hybridized carbons (Fsp3) is 0.0769. The number of carbonyl (C=O) groups is 1. The Morgan fingerprint density at radius 1 is 1.26 bits per heavy atom. The number of pyridine rings is 1. The molecule has 6 heteroatoms. The van der Waals surface area contributed by atoms with Crippen LogP contribution in [0.15, 0.2) is 42.6 Å². The van der Waals surface area contributed by atoms with E-state index in [1.54, 1.807) is 24.3 Å². The van der Waals surface area contributed by atoms with E-state index in [4.69, 9.17) is 16.3 Å². The zero-order chi connectivity index (χ0) is 13.7. The molecule has 0 radical (unpaired) electrons. The van der Waals surface area contributed by atoms with Crippen molar-refractivity contribution in [1.82, 2.24) is 4.98 Å². The highest BCUT2D eigenvalue weighted by Gasteiger charge is 2.04. The van der Waals surface area contributed by atoms with Crippen LogP contribution < -0.4 is 10.1 Å². The van der Waals surface area contributed by atoms with Crippen LogP contribution in [-0.4, -0.2) is 17.5 Å². The lowest BCUT2D eigenvalue weighted by Crippen LogP contribution is -2.20. The molecule has 0 atom stereocenters. The van der Waals surface area contributed by atoms with Crippen LogP contribution in [0.4, 0.5) is 10.1 Å². The van der Waals surface area contributed by atoms with Gasteiger partial charge in [-0.15, -0.1) is 0 Å². The van der Waals surface area contributed by atoms with Crippen molar-refractivity contribution in [2.24, 2.45) is 0 Å². The van der Waals surface area contributed by atoms with Gasteiger partial charge in [-0.05, 0) is 36.4 Å². The molecule has 0 fully saturated rings. The third kappa shape index (κ3) is 4.22. The molecule has 0 spiro atoms. The van der Waals surface area contributed by atoms with Crippen LogP contribution in [-0.2, 0) is 4.79 Å². The third-order valence-corrected chi connectivity index (χ3v) is 2.45. The van der Waals surface area contributed by atoms with Gasteiger partial charge < -0.3 is 10.1 Å². The van der Waals surface area contributed by atoms with Gasteiger partial charge in [0.25, 0.3) is 5.91 Å². The van der Waals surface area contributed by atoms with Gasteiger partial charge in [-0.2, -0.15) is 4.39 Å². The van der Waals surface area contributed by atoms with Gasteiger partial charge in [-0.25, -0.2) is 4.98 Å². The van der Waals surface area contributed by atoms with Crippen LogP contribution in [0.3, 0.4) is 0 Å². The Morgan fingerprint density at radius 2 is 2.00 bits per heavy atom. The zero-order valence-corrected chi connectivity index (χ0v) is 10.5. The molecule has 1 aromatic carbocycles. The van der Waals surface area contributed by atoms with Crippen molar-refractivity contribution < 1.29 is 13.9 Å². The summed E-state index contributed by atoms with van der Waals surface area (Å²) in [6.07, 6.45) is 1.23. The first-order valence-electron chi connectivity index (χ1n) is 5.43. The Morgan fingerprint density at radius 3 is 2.63 bits per heavy atom. The molecule has 19 heavy (non-hydrogen) atoms. The number of anilines is 1. The van der Waals surface area contributed by atoms with E-state index >= 15 is 0 Å². The van der Waals surface area contributed by atoms with Gasteiger partial charge in [0.15, 0.2) is 6.61 Å². The molecule has 0 unspecified atom stereocenters. The molecule has 4 nitrogen and oxygen atoms in total. The maximum Gasteiger partial charge on any atom is 0.262 e. The fourth-order valence-electron chi connectivity index (χ4n) is 1.33. The second kappa shape index (κ2) is 6.15. The average Bonchev–Trinajstić information content (AvgIpc) is 2.41. The minimum absolute atomic E-state index is 0.154. The van der Waals surface area contributed by atoms with E-state index in [0.29, 0.717) is 16.5 Å². The summed E-state index contributed by atoms with van der Waals surface area (Å²) < 4.78 is 17.8. The number of carbonyl (C=O) groups excluding carboxylic acids is 1. The van der Waals surface area contributed by atoms with Gasteiger partial charge >= 0.3 is 0 Å². The first-order valence-corrected chi connectivity index (χ1v) is 5.81. The second-order valence-electron chi connectivity index (χ2n) is 3.66. The molecule has 0 bridgehead atoms. The first-order chi connectivity index (χ1) is 9.13. The van der Waals surface area contributed by atoms with Crippen molar-refractivity contribution in [3.63, 3.8) is 0 Å². The summed E-state index contributed by atoms with van der Waals surface area (Å²) in [6.45, 7) is -0.154. The SMILES string of the molecule is O=C(COc1ccc(Cl)cc1)Nc1ccc(F)nc1. The molecule has 0 aliphatic carbocycles. The van der Waals surface area contributed by atoms with Gasteiger partial charge in [0.2, 0.25) is 5.95 Å². The maximum absolute atomic E-state index is 12.6. The molecule has 1 N–H and O–H groups in total. The largest absolute Gasteiger partial charge is 0.484 e. The van der Waals surface area contributed by atoms with Crippen LogP contribution in [0.25, 0.3) is 0 Å². The summed E-state index contributed by atoms with van der Waals surface area (Å²) in [5, 5.41) is 3.12. The predicted molar refractivity (Wildman–Crippen MR) is 69.8 cm³/mol. The number of halogens is 2. The molecule has 2 rings (SSSR count). The van der Waals surface area contributed by atoms with E-state index in [1.807, 2.05) is 0 Å². The smallest absolute Gasteiger partial charge is 0.262 e. The van der Waals surface area contributed by atoms with Crippen molar-refractivity contribution in [1.29, 1.82) is 0 Å². The van der Waals surface area contributed by atoms with Crippen molar-refractivity contribution in [2.45, 2.75) is 0 Å². The number of rotatable bonds is 4. The van der Waals surface area contributed by atoms with Crippen LogP contribution in [0.2, 0.25) is 5.02 Å². The molecule has 98 valence electrons. The van der Waals surface area contributed by atoms with Gasteiger partial charge in [-0.3, -0.25) is 4.79 Å². The quantitative estimate of drug-likeness (QED) is 0.876. The zero-order valence-electron chi connectivity index (χ0n) is 9.77. The van der Waals surface area contributed by atoms with E-state index in [0.717, 1.165) is 6.07 Å². The Labute approximate surface area is 114 Å². The van der Waals surface area contributed by atoms with E-state index in [-0.39, 0.29) is 12.5 Å². The van der Waals surface area contributed by atoms with Crippen LogP contribution in [0.1, 0.15) is 0 Å². The van der Waals surface area contributed by atoms with Crippen molar-refractivity contribution in [2.75, 3.05) is 11.9 Å². The van der Waals surface area contributed by atoms with Crippen molar-refractivity contribution >= 4 is 23.2 Å². The fourth-order valence-corrected chi connectivity index (χ4v) is 1.45. The van der Waals surface area contributed by atoms with Gasteiger partial charge in [0, 0.05) is 5.02 Å². The monoisotopic (exact) mass is 280 g/mol. The predicted octanol–water partition coefficient (Wildman–Crippen LogP) is 2.89. The van der Waals surface area contributed by atoms with Crippen molar-refractivity contribution in [3.05, 3.63) is 53.6 Å². The van der Waals surface area contributed by atoms with Crippen molar-refractivity contribution in [3.8, 4) is 5.75 Å². The van der Waals surface area contributed by atoms with Crippen LogP contribution in [0, 0.1) is 5.95 Å². The topological polar surface area (TPSA) is 51.2 Å².